The van der Waals surface area contributed by atoms with Crippen LogP contribution in [-0.2, 0) is 4.74 Å². The number of aromatic nitrogens is 3. The molecular formula is C21H20Cl2FN5O4. The molecule has 3 heterocycles. The lowest BCUT2D eigenvalue weighted by atomic mass is 9.95. The smallest absolute Gasteiger partial charge is 0.424 e. The number of anilines is 1. The minimum Gasteiger partial charge on any atom is -0.424 e. The summed E-state index contributed by atoms with van der Waals surface area (Å²) < 4.78 is 30.5. The fourth-order valence-corrected chi connectivity index (χ4v) is 3.92. The second-order valence-corrected chi connectivity index (χ2v) is 7.83. The molecule has 0 bridgehead atoms. The Morgan fingerprint density at radius 1 is 1.27 bits per heavy atom. The Morgan fingerprint density at radius 2 is 2.15 bits per heavy atom. The van der Waals surface area contributed by atoms with Crippen LogP contribution in [0.15, 0.2) is 50.1 Å². The largest absolute Gasteiger partial charge is 0.439 e. The van der Waals surface area contributed by atoms with Crippen LogP contribution >= 0.6 is 24.0 Å². The predicted octanol–water partition coefficient (Wildman–Crippen LogP) is 3.77. The average Bonchev–Trinajstić information content (AvgIpc) is 3.33. The Labute approximate surface area is 198 Å². The highest BCUT2D eigenvalue weighted by atomic mass is 35.5. The van der Waals surface area contributed by atoms with Crippen molar-refractivity contribution in [2.75, 3.05) is 31.6 Å². The van der Waals surface area contributed by atoms with Gasteiger partial charge in [0.05, 0.1) is 23.3 Å². The molecule has 0 amide bonds. The van der Waals surface area contributed by atoms with E-state index in [-0.39, 0.29) is 35.3 Å². The number of benzene rings is 2. The van der Waals surface area contributed by atoms with Gasteiger partial charge in [-0.2, -0.15) is 4.98 Å². The molecule has 4 aromatic rings. The summed E-state index contributed by atoms with van der Waals surface area (Å²) in [5, 5.41) is 10.3. The molecule has 0 aliphatic carbocycles. The molecule has 9 nitrogen and oxygen atoms in total. The summed E-state index contributed by atoms with van der Waals surface area (Å²) in [6, 6.07) is 10.3. The van der Waals surface area contributed by atoms with Crippen molar-refractivity contribution < 1.29 is 18.1 Å². The summed E-state index contributed by atoms with van der Waals surface area (Å²) in [5.41, 5.74) is 2.36. The van der Waals surface area contributed by atoms with Crippen LogP contribution in [0.4, 0.5) is 10.4 Å². The van der Waals surface area contributed by atoms with Crippen LogP contribution in [0.5, 0.6) is 0 Å². The van der Waals surface area contributed by atoms with Gasteiger partial charge in [0, 0.05) is 25.6 Å². The van der Waals surface area contributed by atoms with E-state index in [4.69, 9.17) is 20.8 Å². The summed E-state index contributed by atoms with van der Waals surface area (Å²) in [6.45, 7) is 2.33. The van der Waals surface area contributed by atoms with Gasteiger partial charge in [-0.25, -0.2) is 9.18 Å². The maximum atomic E-state index is 14.0. The van der Waals surface area contributed by atoms with Gasteiger partial charge in [0.2, 0.25) is 0 Å². The van der Waals surface area contributed by atoms with Crippen LogP contribution in [0.2, 0.25) is 5.02 Å². The topological polar surface area (TPSA) is 118 Å². The fraction of sp³-hybridized carbons (Fsp3) is 0.286. The second-order valence-electron chi connectivity index (χ2n) is 7.43. The van der Waals surface area contributed by atoms with E-state index in [0.29, 0.717) is 48.9 Å². The first-order valence-corrected chi connectivity index (χ1v) is 10.4. The number of fused-ring (bicyclic) bond motifs is 1. The van der Waals surface area contributed by atoms with Crippen molar-refractivity contribution >= 4 is 41.1 Å². The van der Waals surface area contributed by atoms with E-state index in [1.807, 2.05) is 0 Å². The van der Waals surface area contributed by atoms with Crippen molar-refractivity contribution in [2.45, 2.75) is 6.10 Å². The van der Waals surface area contributed by atoms with Gasteiger partial charge in [0.25, 0.3) is 6.01 Å². The van der Waals surface area contributed by atoms with E-state index in [2.05, 4.69) is 30.3 Å². The van der Waals surface area contributed by atoms with Gasteiger partial charge in [0.15, 0.2) is 11.4 Å². The fourth-order valence-electron chi connectivity index (χ4n) is 3.81. The molecule has 0 radical (unpaired) electrons. The molecule has 1 saturated heterocycles. The van der Waals surface area contributed by atoms with E-state index >= 15 is 0 Å². The Balaban J connectivity index is 0.00000259. The summed E-state index contributed by atoms with van der Waals surface area (Å²) in [7, 11) is 0. The standard InChI is InChI=1S/C21H19ClFN5O4.ClH/c22-14-5-4-11(8-15(14)23)18-12(9-24-6-7-30-18)10-25-20-26-17-13(2-1-3-16(17)31-20)19-27-21(29)32-28-19;/h1-5,8,12,18,24H,6-7,9-10H2,(H,25,26)(H,27,28,29);1H/t12-,18-;/m0./s1. The summed E-state index contributed by atoms with van der Waals surface area (Å²) in [4.78, 5) is 18.3. The molecule has 0 spiro atoms. The number of nitrogens with one attached hydrogen (secondary N) is 3. The quantitative estimate of drug-likeness (QED) is 0.382. The van der Waals surface area contributed by atoms with Gasteiger partial charge in [-0.1, -0.05) is 28.9 Å². The molecular weight excluding hydrogens is 476 g/mol. The van der Waals surface area contributed by atoms with Crippen molar-refractivity contribution in [3.05, 3.63) is 63.4 Å². The van der Waals surface area contributed by atoms with E-state index in [1.54, 1.807) is 24.3 Å². The zero-order valence-corrected chi connectivity index (χ0v) is 18.7. The lowest BCUT2D eigenvalue weighted by Gasteiger charge is -2.25. The van der Waals surface area contributed by atoms with Crippen molar-refractivity contribution in [3.63, 3.8) is 0 Å². The third-order valence-corrected chi connectivity index (χ3v) is 5.62. The Morgan fingerprint density at radius 3 is 2.94 bits per heavy atom. The molecule has 1 aliphatic heterocycles. The third kappa shape index (κ3) is 4.88. The zero-order valence-electron chi connectivity index (χ0n) is 17.1. The van der Waals surface area contributed by atoms with Crippen LogP contribution < -0.4 is 16.4 Å². The molecule has 0 unspecified atom stereocenters. The predicted molar refractivity (Wildman–Crippen MR) is 122 cm³/mol. The molecule has 12 heteroatoms. The molecule has 2 aromatic heterocycles. The third-order valence-electron chi connectivity index (χ3n) is 5.31. The van der Waals surface area contributed by atoms with Crippen molar-refractivity contribution in [3.8, 4) is 11.4 Å². The number of aromatic amines is 1. The summed E-state index contributed by atoms with van der Waals surface area (Å²) >= 11 is 5.84. The van der Waals surface area contributed by atoms with E-state index in [9.17, 15) is 9.18 Å². The highest BCUT2D eigenvalue weighted by Gasteiger charge is 2.27. The van der Waals surface area contributed by atoms with Gasteiger partial charge in [-0.15, -0.1) is 12.4 Å². The first-order valence-electron chi connectivity index (χ1n) is 10.1. The van der Waals surface area contributed by atoms with Crippen LogP contribution in [0.3, 0.4) is 0 Å². The lowest BCUT2D eigenvalue weighted by molar-refractivity contribution is 0.0341. The molecule has 3 N–H and O–H groups in total. The van der Waals surface area contributed by atoms with Gasteiger partial charge in [-0.3, -0.25) is 9.51 Å². The summed E-state index contributed by atoms with van der Waals surface area (Å²) in [6.07, 6.45) is -0.329. The maximum absolute atomic E-state index is 14.0. The number of halogens is 3. The first-order chi connectivity index (χ1) is 15.6. The number of H-pyrrole nitrogens is 1. The van der Waals surface area contributed by atoms with Gasteiger partial charge < -0.3 is 19.8 Å². The Kier molecular flexibility index (Phi) is 6.99. The Hall–Kier alpha value is -2.92. The Bertz CT molecular complexity index is 1310. The number of para-hydroxylation sites is 1. The SMILES string of the molecule is Cl.O=c1[nH]c(-c2cccc3oc(NC[C@@H]4CNCCO[C@H]4c4ccc(Cl)c(F)c4)nc23)no1. The normalized spacial score (nSPS) is 18.6. The minimum atomic E-state index is -0.649. The zero-order chi connectivity index (χ0) is 22.1. The van der Waals surface area contributed by atoms with Crippen molar-refractivity contribution in [1.29, 1.82) is 0 Å². The summed E-state index contributed by atoms with van der Waals surface area (Å²) in [5.74, 6) is -0.885. The number of hydrogen-bond donors (Lipinski definition) is 3. The van der Waals surface area contributed by atoms with Crippen LogP contribution in [-0.4, -0.2) is 41.4 Å². The molecule has 2 atom stereocenters. The number of oxazole rings is 1. The highest BCUT2D eigenvalue weighted by Crippen LogP contribution is 2.31. The van der Waals surface area contributed by atoms with Crippen LogP contribution in [0, 0.1) is 11.7 Å². The second kappa shape index (κ2) is 9.92. The molecule has 5 rings (SSSR count). The number of ether oxygens (including phenoxy) is 1. The van der Waals surface area contributed by atoms with Crippen LogP contribution in [0.1, 0.15) is 11.7 Å². The highest BCUT2D eigenvalue weighted by molar-refractivity contribution is 6.30. The maximum Gasteiger partial charge on any atom is 0.439 e. The van der Waals surface area contributed by atoms with Gasteiger partial charge in [0.1, 0.15) is 11.3 Å². The molecule has 0 saturated carbocycles. The minimum absolute atomic E-state index is 0. The molecule has 2 aromatic carbocycles. The molecule has 1 aliphatic rings. The first kappa shape index (κ1) is 23.2. The van der Waals surface area contributed by atoms with Gasteiger partial charge >= 0.3 is 5.76 Å². The van der Waals surface area contributed by atoms with Crippen LogP contribution in [0.25, 0.3) is 22.5 Å². The average molecular weight is 496 g/mol. The number of rotatable bonds is 5. The molecule has 1 fully saturated rings. The lowest BCUT2D eigenvalue weighted by Crippen LogP contribution is -2.30. The number of nitrogens with zero attached hydrogens (tertiary/aromatic N) is 2. The monoisotopic (exact) mass is 495 g/mol. The van der Waals surface area contributed by atoms with E-state index in [0.717, 1.165) is 5.56 Å². The molecule has 33 heavy (non-hydrogen) atoms. The van der Waals surface area contributed by atoms with Crippen molar-refractivity contribution in [2.24, 2.45) is 5.92 Å². The number of hydrogen-bond acceptors (Lipinski definition) is 8. The van der Waals surface area contributed by atoms with E-state index < -0.39 is 11.6 Å². The van der Waals surface area contributed by atoms with Crippen molar-refractivity contribution in [1.82, 2.24) is 20.4 Å². The molecule has 174 valence electrons. The van der Waals surface area contributed by atoms with E-state index in [1.165, 1.54) is 12.1 Å². The van der Waals surface area contributed by atoms with Gasteiger partial charge in [-0.05, 0) is 29.8 Å².